The first kappa shape index (κ1) is 15.3. The third-order valence-corrected chi connectivity index (χ3v) is 3.65. The molecule has 1 fully saturated rings. The molecule has 0 bridgehead atoms. The molecule has 1 aromatic rings. The van der Waals surface area contributed by atoms with Crippen LogP contribution in [0.3, 0.4) is 0 Å². The molecule has 4 nitrogen and oxygen atoms in total. The van der Waals surface area contributed by atoms with E-state index in [1.54, 1.807) is 0 Å². The number of likely N-dealkylation sites (N-methyl/N-ethyl adjacent to an activating group) is 1. The quantitative estimate of drug-likeness (QED) is 0.671. The van der Waals surface area contributed by atoms with Gasteiger partial charge in [-0.25, -0.2) is 0 Å². The van der Waals surface area contributed by atoms with Gasteiger partial charge in [0, 0.05) is 25.7 Å². The fourth-order valence-corrected chi connectivity index (χ4v) is 2.11. The maximum atomic E-state index is 9.85. The van der Waals surface area contributed by atoms with Crippen molar-refractivity contribution < 1.29 is 9.84 Å². The summed E-state index contributed by atoms with van der Waals surface area (Å²) in [6, 6.07) is 8.67. The van der Waals surface area contributed by atoms with Crippen molar-refractivity contribution in [2.45, 2.75) is 31.9 Å². The fraction of sp³-hybridized carbons (Fsp3) is 0.625. The van der Waals surface area contributed by atoms with E-state index in [0.29, 0.717) is 13.2 Å². The summed E-state index contributed by atoms with van der Waals surface area (Å²) < 4.78 is 5.55. The van der Waals surface area contributed by atoms with E-state index in [2.05, 4.69) is 17.3 Å². The predicted molar refractivity (Wildman–Crippen MR) is 81.2 cm³/mol. The van der Waals surface area contributed by atoms with Crippen molar-refractivity contribution in [2.24, 2.45) is 0 Å². The molecule has 0 aliphatic heterocycles. The highest BCUT2D eigenvalue weighted by Gasteiger charge is 2.25. The van der Waals surface area contributed by atoms with E-state index in [1.165, 1.54) is 18.4 Å². The predicted octanol–water partition coefficient (Wildman–Crippen LogP) is 1.42. The van der Waals surface area contributed by atoms with E-state index in [9.17, 15) is 5.11 Å². The molecule has 1 unspecified atom stereocenters. The first-order chi connectivity index (χ1) is 9.65. The Bertz CT molecular complexity index is 390. The highest BCUT2D eigenvalue weighted by atomic mass is 16.5. The Balaban J connectivity index is 1.53. The van der Waals surface area contributed by atoms with Gasteiger partial charge in [-0.3, -0.25) is 0 Å². The Hall–Kier alpha value is -1.10. The average molecular weight is 278 g/mol. The number of ether oxygens (including phenoxy) is 1. The van der Waals surface area contributed by atoms with Crippen LogP contribution in [0.5, 0.6) is 5.75 Å². The van der Waals surface area contributed by atoms with Gasteiger partial charge in [-0.15, -0.1) is 0 Å². The molecule has 1 aliphatic carbocycles. The molecule has 1 aliphatic rings. The maximum Gasteiger partial charge on any atom is 0.119 e. The lowest BCUT2D eigenvalue weighted by molar-refractivity contribution is 0.106. The van der Waals surface area contributed by atoms with E-state index in [4.69, 9.17) is 4.74 Å². The summed E-state index contributed by atoms with van der Waals surface area (Å²) in [5.74, 6) is 0.808. The van der Waals surface area contributed by atoms with Crippen molar-refractivity contribution in [3.8, 4) is 5.75 Å². The zero-order chi connectivity index (χ0) is 14.4. The van der Waals surface area contributed by atoms with E-state index in [-0.39, 0.29) is 0 Å². The van der Waals surface area contributed by atoms with Crippen molar-refractivity contribution in [2.75, 3.05) is 33.3 Å². The minimum Gasteiger partial charge on any atom is -0.491 e. The number of nitrogens with zero attached hydrogens (tertiary/aromatic N) is 1. The van der Waals surface area contributed by atoms with E-state index in [0.717, 1.165) is 24.9 Å². The number of hydrogen-bond acceptors (Lipinski definition) is 4. The van der Waals surface area contributed by atoms with Gasteiger partial charge >= 0.3 is 0 Å². The van der Waals surface area contributed by atoms with Gasteiger partial charge in [-0.1, -0.05) is 17.7 Å². The Morgan fingerprint density at radius 1 is 1.35 bits per heavy atom. The van der Waals surface area contributed by atoms with Gasteiger partial charge in [-0.05, 0) is 38.9 Å². The molecule has 1 aromatic carbocycles. The van der Waals surface area contributed by atoms with Crippen LogP contribution in [0.15, 0.2) is 24.3 Å². The van der Waals surface area contributed by atoms with Crippen molar-refractivity contribution in [1.29, 1.82) is 0 Å². The van der Waals surface area contributed by atoms with Gasteiger partial charge in [0.1, 0.15) is 18.5 Å². The van der Waals surface area contributed by atoms with Crippen LogP contribution in [-0.2, 0) is 0 Å². The molecular weight excluding hydrogens is 252 g/mol. The molecule has 112 valence electrons. The Kier molecular flexibility index (Phi) is 5.83. The monoisotopic (exact) mass is 278 g/mol. The minimum absolute atomic E-state index is 0.328. The third-order valence-electron chi connectivity index (χ3n) is 3.65. The first-order valence-electron chi connectivity index (χ1n) is 7.43. The van der Waals surface area contributed by atoms with Crippen LogP contribution in [-0.4, -0.2) is 55.4 Å². The molecule has 2 rings (SSSR count). The van der Waals surface area contributed by atoms with Crippen LogP contribution >= 0.6 is 0 Å². The number of hydrogen-bond donors (Lipinski definition) is 2. The Morgan fingerprint density at radius 3 is 2.70 bits per heavy atom. The van der Waals surface area contributed by atoms with Crippen LogP contribution in [0.2, 0.25) is 0 Å². The highest BCUT2D eigenvalue weighted by Crippen LogP contribution is 2.24. The van der Waals surface area contributed by atoms with Crippen molar-refractivity contribution in [1.82, 2.24) is 10.2 Å². The van der Waals surface area contributed by atoms with Crippen LogP contribution in [0.25, 0.3) is 0 Å². The van der Waals surface area contributed by atoms with E-state index in [1.807, 2.05) is 31.2 Å². The number of benzene rings is 1. The van der Waals surface area contributed by atoms with Gasteiger partial charge in [-0.2, -0.15) is 0 Å². The number of aliphatic hydroxyl groups is 1. The van der Waals surface area contributed by atoms with Crippen LogP contribution in [0, 0.1) is 6.92 Å². The number of rotatable bonds is 9. The van der Waals surface area contributed by atoms with Crippen LogP contribution in [0.1, 0.15) is 18.4 Å². The van der Waals surface area contributed by atoms with Crippen molar-refractivity contribution in [3.63, 3.8) is 0 Å². The molecular formula is C16H26N2O2. The summed E-state index contributed by atoms with van der Waals surface area (Å²) in [5, 5.41) is 13.1. The Labute approximate surface area is 121 Å². The van der Waals surface area contributed by atoms with E-state index < -0.39 is 6.10 Å². The summed E-state index contributed by atoms with van der Waals surface area (Å²) in [4.78, 5) is 2.38. The molecule has 0 spiro atoms. The zero-order valence-corrected chi connectivity index (χ0v) is 12.5. The lowest BCUT2D eigenvalue weighted by atomic mass is 10.2. The smallest absolute Gasteiger partial charge is 0.119 e. The molecule has 20 heavy (non-hydrogen) atoms. The molecule has 1 saturated carbocycles. The van der Waals surface area contributed by atoms with Crippen molar-refractivity contribution >= 4 is 0 Å². The third kappa shape index (κ3) is 5.49. The second-order valence-electron chi connectivity index (χ2n) is 5.69. The summed E-state index contributed by atoms with van der Waals surface area (Å²) in [5.41, 5.74) is 1.21. The molecule has 0 heterocycles. The van der Waals surface area contributed by atoms with Gasteiger partial charge < -0.3 is 20.1 Å². The second-order valence-corrected chi connectivity index (χ2v) is 5.69. The SMILES string of the molecule is Cc1ccc(OCC(O)CNCCN(C)C2CC2)cc1. The molecule has 0 aromatic heterocycles. The highest BCUT2D eigenvalue weighted by molar-refractivity contribution is 5.26. The lowest BCUT2D eigenvalue weighted by Crippen LogP contribution is -2.36. The summed E-state index contributed by atoms with van der Waals surface area (Å²) in [6.07, 6.45) is 2.20. The van der Waals surface area contributed by atoms with Gasteiger partial charge in [0.15, 0.2) is 0 Å². The maximum absolute atomic E-state index is 9.85. The molecule has 0 saturated heterocycles. The molecule has 2 N–H and O–H groups in total. The number of nitrogens with one attached hydrogen (secondary N) is 1. The van der Waals surface area contributed by atoms with Gasteiger partial charge in [0.25, 0.3) is 0 Å². The van der Waals surface area contributed by atoms with Crippen molar-refractivity contribution in [3.05, 3.63) is 29.8 Å². The Morgan fingerprint density at radius 2 is 2.05 bits per heavy atom. The molecule has 4 heteroatoms. The van der Waals surface area contributed by atoms with E-state index >= 15 is 0 Å². The largest absolute Gasteiger partial charge is 0.491 e. The average Bonchev–Trinajstić information content (AvgIpc) is 3.27. The lowest BCUT2D eigenvalue weighted by Gasteiger charge is -2.17. The topological polar surface area (TPSA) is 44.7 Å². The molecule has 1 atom stereocenters. The number of aliphatic hydroxyl groups excluding tert-OH is 1. The summed E-state index contributed by atoms with van der Waals surface area (Å²) in [6.45, 7) is 4.89. The second kappa shape index (κ2) is 7.62. The van der Waals surface area contributed by atoms with Crippen LogP contribution < -0.4 is 10.1 Å². The zero-order valence-electron chi connectivity index (χ0n) is 12.5. The molecule has 0 radical (unpaired) electrons. The molecule has 0 amide bonds. The summed E-state index contributed by atoms with van der Waals surface area (Å²) in [7, 11) is 2.16. The number of aryl methyl sites for hydroxylation is 1. The van der Waals surface area contributed by atoms with Crippen LogP contribution in [0.4, 0.5) is 0 Å². The summed E-state index contributed by atoms with van der Waals surface area (Å²) >= 11 is 0. The van der Waals surface area contributed by atoms with Gasteiger partial charge in [0.2, 0.25) is 0 Å². The normalized spacial score (nSPS) is 16.4. The standard InChI is InChI=1S/C16H26N2O2/c1-13-3-7-16(8-4-13)20-12-15(19)11-17-9-10-18(2)14-5-6-14/h3-4,7-8,14-15,17,19H,5-6,9-12H2,1-2H3. The fourth-order valence-electron chi connectivity index (χ4n) is 2.11. The minimum atomic E-state index is -0.470. The van der Waals surface area contributed by atoms with Gasteiger partial charge in [0.05, 0.1) is 0 Å². The first-order valence-corrected chi connectivity index (χ1v) is 7.43.